The smallest absolute Gasteiger partial charge is 0.0208 e. The zero-order valence-electron chi connectivity index (χ0n) is 9.30. The maximum atomic E-state index is 3.50. The molecule has 1 atom stereocenters. The SMILES string of the molecule is Cc1cccc2c1C(C(C)C)CNC2. The van der Waals surface area contributed by atoms with E-state index in [9.17, 15) is 0 Å². The number of benzene rings is 1. The van der Waals surface area contributed by atoms with Gasteiger partial charge in [-0.05, 0) is 35.4 Å². The fourth-order valence-corrected chi connectivity index (χ4v) is 2.46. The van der Waals surface area contributed by atoms with Crippen LogP contribution in [-0.2, 0) is 6.54 Å². The average molecular weight is 189 g/mol. The summed E-state index contributed by atoms with van der Waals surface area (Å²) >= 11 is 0. The van der Waals surface area contributed by atoms with Crippen LogP contribution in [0.3, 0.4) is 0 Å². The molecule has 0 saturated carbocycles. The molecule has 1 nitrogen and oxygen atoms in total. The molecule has 0 spiro atoms. The van der Waals surface area contributed by atoms with E-state index in [0.29, 0.717) is 5.92 Å². The zero-order chi connectivity index (χ0) is 10.1. The Morgan fingerprint density at radius 2 is 2.14 bits per heavy atom. The summed E-state index contributed by atoms with van der Waals surface area (Å²) in [5, 5.41) is 3.50. The Morgan fingerprint density at radius 3 is 2.86 bits per heavy atom. The van der Waals surface area contributed by atoms with E-state index < -0.39 is 0 Å². The van der Waals surface area contributed by atoms with E-state index in [4.69, 9.17) is 0 Å². The van der Waals surface area contributed by atoms with Crippen molar-refractivity contribution in [3.63, 3.8) is 0 Å². The van der Waals surface area contributed by atoms with Gasteiger partial charge in [0.05, 0.1) is 0 Å². The number of rotatable bonds is 1. The van der Waals surface area contributed by atoms with Gasteiger partial charge in [-0.25, -0.2) is 0 Å². The lowest BCUT2D eigenvalue weighted by Crippen LogP contribution is -2.31. The lowest BCUT2D eigenvalue weighted by atomic mass is 9.81. The molecule has 0 bridgehead atoms. The summed E-state index contributed by atoms with van der Waals surface area (Å²) in [6.45, 7) is 9.04. The maximum absolute atomic E-state index is 3.50. The minimum atomic E-state index is 0.694. The number of hydrogen-bond acceptors (Lipinski definition) is 1. The second-order valence-corrected chi connectivity index (χ2v) is 4.63. The Bertz CT molecular complexity index is 328. The lowest BCUT2D eigenvalue weighted by molar-refractivity contribution is 0.434. The van der Waals surface area contributed by atoms with Crippen molar-refractivity contribution in [3.8, 4) is 0 Å². The lowest BCUT2D eigenvalue weighted by Gasteiger charge is -2.30. The van der Waals surface area contributed by atoms with Crippen molar-refractivity contribution in [2.75, 3.05) is 6.54 Å². The Morgan fingerprint density at radius 1 is 1.36 bits per heavy atom. The van der Waals surface area contributed by atoms with Gasteiger partial charge in [0.2, 0.25) is 0 Å². The van der Waals surface area contributed by atoms with Crippen LogP contribution in [-0.4, -0.2) is 6.54 Å². The van der Waals surface area contributed by atoms with Crippen molar-refractivity contribution < 1.29 is 0 Å². The molecule has 1 unspecified atom stereocenters. The van der Waals surface area contributed by atoms with E-state index in [1.807, 2.05) is 0 Å². The third kappa shape index (κ3) is 1.57. The average Bonchev–Trinajstić information content (AvgIpc) is 2.17. The first-order valence-electron chi connectivity index (χ1n) is 5.49. The van der Waals surface area contributed by atoms with Crippen LogP contribution in [0.15, 0.2) is 18.2 Å². The molecular formula is C13H19N. The molecule has 0 amide bonds. The van der Waals surface area contributed by atoms with Gasteiger partial charge in [0.25, 0.3) is 0 Å². The number of hydrogen-bond donors (Lipinski definition) is 1. The van der Waals surface area contributed by atoms with E-state index >= 15 is 0 Å². The van der Waals surface area contributed by atoms with Gasteiger partial charge in [0.15, 0.2) is 0 Å². The van der Waals surface area contributed by atoms with Gasteiger partial charge >= 0.3 is 0 Å². The van der Waals surface area contributed by atoms with Crippen LogP contribution in [0.1, 0.15) is 36.5 Å². The number of aryl methyl sites for hydroxylation is 1. The molecule has 1 N–H and O–H groups in total. The minimum Gasteiger partial charge on any atom is -0.312 e. The highest BCUT2D eigenvalue weighted by Crippen LogP contribution is 2.32. The van der Waals surface area contributed by atoms with Crippen LogP contribution in [0.5, 0.6) is 0 Å². The van der Waals surface area contributed by atoms with Crippen LogP contribution in [0.25, 0.3) is 0 Å². The first-order valence-corrected chi connectivity index (χ1v) is 5.49. The summed E-state index contributed by atoms with van der Waals surface area (Å²) in [6, 6.07) is 6.65. The first kappa shape index (κ1) is 9.72. The molecule has 1 heterocycles. The van der Waals surface area contributed by atoms with Gasteiger partial charge in [-0.3, -0.25) is 0 Å². The minimum absolute atomic E-state index is 0.694. The molecular weight excluding hydrogens is 170 g/mol. The highest BCUT2D eigenvalue weighted by molar-refractivity contribution is 5.39. The third-order valence-electron chi connectivity index (χ3n) is 3.27. The van der Waals surface area contributed by atoms with E-state index in [1.54, 1.807) is 5.56 Å². The molecule has 1 aliphatic rings. The molecule has 0 radical (unpaired) electrons. The van der Waals surface area contributed by atoms with Gasteiger partial charge < -0.3 is 5.32 Å². The topological polar surface area (TPSA) is 12.0 Å². The molecule has 1 heteroatoms. The Balaban J connectivity index is 2.47. The molecule has 1 aromatic rings. The van der Waals surface area contributed by atoms with Crippen molar-refractivity contribution in [2.45, 2.75) is 33.2 Å². The van der Waals surface area contributed by atoms with Crippen LogP contribution in [0.4, 0.5) is 0 Å². The van der Waals surface area contributed by atoms with Gasteiger partial charge in [-0.15, -0.1) is 0 Å². The molecule has 76 valence electrons. The monoisotopic (exact) mass is 189 g/mol. The van der Waals surface area contributed by atoms with E-state index in [2.05, 4.69) is 44.3 Å². The predicted molar refractivity (Wildman–Crippen MR) is 60.5 cm³/mol. The van der Waals surface area contributed by atoms with Crippen molar-refractivity contribution in [1.29, 1.82) is 0 Å². The maximum Gasteiger partial charge on any atom is 0.0208 e. The first-order chi connectivity index (χ1) is 6.70. The van der Waals surface area contributed by atoms with Crippen LogP contribution in [0.2, 0.25) is 0 Å². The second-order valence-electron chi connectivity index (χ2n) is 4.63. The summed E-state index contributed by atoms with van der Waals surface area (Å²) < 4.78 is 0. The summed E-state index contributed by atoms with van der Waals surface area (Å²) in [5.74, 6) is 1.42. The normalized spacial score (nSPS) is 21.0. The van der Waals surface area contributed by atoms with E-state index in [1.165, 1.54) is 11.1 Å². The predicted octanol–water partition coefficient (Wildman–Crippen LogP) is 2.84. The summed E-state index contributed by atoms with van der Waals surface area (Å²) in [5.41, 5.74) is 4.55. The summed E-state index contributed by atoms with van der Waals surface area (Å²) in [6.07, 6.45) is 0. The van der Waals surface area contributed by atoms with Crippen molar-refractivity contribution in [1.82, 2.24) is 5.32 Å². The van der Waals surface area contributed by atoms with Crippen molar-refractivity contribution in [3.05, 3.63) is 34.9 Å². The second kappa shape index (κ2) is 3.74. The highest BCUT2D eigenvalue weighted by Gasteiger charge is 2.23. The Hall–Kier alpha value is -0.820. The van der Waals surface area contributed by atoms with Gasteiger partial charge in [-0.1, -0.05) is 32.0 Å². The fourth-order valence-electron chi connectivity index (χ4n) is 2.46. The summed E-state index contributed by atoms with van der Waals surface area (Å²) in [7, 11) is 0. The molecule has 0 aliphatic carbocycles. The molecule has 0 fully saturated rings. The third-order valence-corrected chi connectivity index (χ3v) is 3.27. The van der Waals surface area contributed by atoms with Gasteiger partial charge in [0.1, 0.15) is 0 Å². The van der Waals surface area contributed by atoms with Crippen molar-refractivity contribution in [2.24, 2.45) is 5.92 Å². The van der Waals surface area contributed by atoms with E-state index in [-0.39, 0.29) is 0 Å². The van der Waals surface area contributed by atoms with Gasteiger partial charge in [-0.2, -0.15) is 0 Å². The molecule has 1 aromatic carbocycles. The Labute approximate surface area is 86.5 Å². The van der Waals surface area contributed by atoms with E-state index in [0.717, 1.165) is 19.0 Å². The molecule has 2 rings (SSSR count). The van der Waals surface area contributed by atoms with Crippen LogP contribution in [0, 0.1) is 12.8 Å². The largest absolute Gasteiger partial charge is 0.312 e. The van der Waals surface area contributed by atoms with Gasteiger partial charge in [0, 0.05) is 13.1 Å². The zero-order valence-corrected chi connectivity index (χ0v) is 9.30. The fraction of sp³-hybridized carbons (Fsp3) is 0.538. The standard InChI is InChI=1S/C13H19N/c1-9(2)12-8-14-7-11-6-4-5-10(3)13(11)12/h4-6,9,12,14H,7-8H2,1-3H3. The molecule has 0 saturated heterocycles. The Kier molecular flexibility index (Phi) is 2.60. The highest BCUT2D eigenvalue weighted by atomic mass is 14.9. The molecule has 1 aliphatic heterocycles. The van der Waals surface area contributed by atoms with Crippen LogP contribution >= 0.6 is 0 Å². The number of fused-ring (bicyclic) bond motifs is 1. The molecule has 14 heavy (non-hydrogen) atoms. The summed E-state index contributed by atoms with van der Waals surface area (Å²) in [4.78, 5) is 0. The quantitative estimate of drug-likeness (QED) is 0.716. The van der Waals surface area contributed by atoms with Crippen molar-refractivity contribution >= 4 is 0 Å². The van der Waals surface area contributed by atoms with Crippen LogP contribution < -0.4 is 5.32 Å². The number of nitrogens with one attached hydrogen (secondary N) is 1. The molecule has 0 aromatic heterocycles.